The molecule has 1 unspecified atom stereocenters. The Hall–Kier alpha value is -3.55. The van der Waals surface area contributed by atoms with Crippen LogP contribution in [0.3, 0.4) is 0 Å². The van der Waals surface area contributed by atoms with Crippen LogP contribution in [0.1, 0.15) is 24.0 Å². The molecule has 2 N–H and O–H groups in total. The summed E-state index contributed by atoms with van der Waals surface area (Å²) in [6.07, 6.45) is 0.390. The van der Waals surface area contributed by atoms with E-state index in [0.717, 1.165) is 16.0 Å². The maximum absolute atomic E-state index is 12.6. The number of urea groups is 1. The summed E-state index contributed by atoms with van der Waals surface area (Å²) in [5.41, 5.74) is 1.73. The van der Waals surface area contributed by atoms with Crippen molar-refractivity contribution in [3.63, 3.8) is 0 Å². The van der Waals surface area contributed by atoms with E-state index in [2.05, 4.69) is 10.6 Å². The van der Waals surface area contributed by atoms with Crippen molar-refractivity contribution in [1.82, 2.24) is 15.5 Å². The molecule has 3 rings (SSSR count). The first-order chi connectivity index (χ1) is 14.5. The Labute approximate surface area is 175 Å². The molecule has 0 aromatic heterocycles. The van der Waals surface area contributed by atoms with Gasteiger partial charge in [0.25, 0.3) is 5.91 Å². The first-order valence-electron chi connectivity index (χ1n) is 9.65. The smallest absolute Gasteiger partial charge is 0.325 e. The minimum absolute atomic E-state index is 0.113. The molecule has 0 bridgehead atoms. The fourth-order valence-corrected chi connectivity index (χ4v) is 3.24. The molecule has 1 fully saturated rings. The van der Waals surface area contributed by atoms with Gasteiger partial charge >= 0.3 is 6.03 Å². The van der Waals surface area contributed by atoms with Crippen molar-refractivity contribution in [3.8, 4) is 11.5 Å². The molecule has 30 heavy (non-hydrogen) atoms. The van der Waals surface area contributed by atoms with Gasteiger partial charge in [0.15, 0.2) is 11.5 Å². The highest BCUT2D eigenvalue weighted by atomic mass is 16.5. The summed E-state index contributed by atoms with van der Waals surface area (Å²) in [4.78, 5) is 38.2. The van der Waals surface area contributed by atoms with Crippen molar-refractivity contribution in [2.45, 2.75) is 32.0 Å². The van der Waals surface area contributed by atoms with Gasteiger partial charge in [0, 0.05) is 13.0 Å². The molecule has 1 heterocycles. The number of rotatable bonds is 9. The number of imide groups is 1. The summed E-state index contributed by atoms with van der Waals surface area (Å²) >= 11 is 0. The van der Waals surface area contributed by atoms with Crippen LogP contribution in [0, 0.1) is 0 Å². The molecule has 8 heteroatoms. The topological polar surface area (TPSA) is 97.0 Å². The second kappa shape index (κ2) is 9.78. The number of hydrogen-bond acceptors (Lipinski definition) is 5. The quantitative estimate of drug-likeness (QED) is 0.617. The van der Waals surface area contributed by atoms with Gasteiger partial charge in [-0.2, -0.15) is 0 Å². The maximum atomic E-state index is 12.6. The highest BCUT2D eigenvalue weighted by Crippen LogP contribution is 2.28. The van der Waals surface area contributed by atoms with Crippen LogP contribution in [0.2, 0.25) is 0 Å². The molecule has 1 atom stereocenters. The van der Waals surface area contributed by atoms with E-state index in [9.17, 15) is 14.4 Å². The van der Waals surface area contributed by atoms with Gasteiger partial charge in [-0.15, -0.1) is 0 Å². The molecule has 2 aromatic carbocycles. The van der Waals surface area contributed by atoms with Crippen LogP contribution in [0.15, 0.2) is 48.5 Å². The molecule has 1 saturated heterocycles. The summed E-state index contributed by atoms with van der Waals surface area (Å²) in [5.74, 6) is 0.580. The first kappa shape index (κ1) is 21.2. The molecule has 1 aliphatic rings. The highest BCUT2D eigenvalue weighted by Gasteiger charge is 2.37. The predicted molar refractivity (Wildman–Crippen MR) is 110 cm³/mol. The van der Waals surface area contributed by atoms with Crippen molar-refractivity contribution < 1.29 is 23.9 Å². The number of benzene rings is 2. The zero-order valence-corrected chi connectivity index (χ0v) is 17.0. The lowest BCUT2D eigenvalue weighted by atomic mass is 10.1. The monoisotopic (exact) mass is 411 g/mol. The Morgan fingerprint density at radius 3 is 2.47 bits per heavy atom. The van der Waals surface area contributed by atoms with E-state index in [4.69, 9.17) is 9.47 Å². The van der Waals surface area contributed by atoms with E-state index >= 15 is 0 Å². The molecule has 4 amide bonds. The van der Waals surface area contributed by atoms with E-state index < -0.39 is 12.1 Å². The molecular formula is C22H25N3O5. The van der Waals surface area contributed by atoms with Crippen molar-refractivity contribution in [1.29, 1.82) is 0 Å². The van der Waals surface area contributed by atoms with E-state index in [0.29, 0.717) is 18.0 Å². The molecule has 0 aliphatic carbocycles. The summed E-state index contributed by atoms with van der Waals surface area (Å²) in [6.45, 7) is 0.539. The van der Waals surface area contributed by atoms with Gasteiger partial charge in [-0.25, -0.2) is 4.79 Å². The van der Waals surface area contributed by atoms with Gasteiger partial charge < -0.3 is 20.1 Å². The summed E-state index contributed by atoms with van der Waals surface area (Å²) in [6, 6.07) is 13.6. The minimum atomic E-state index is -0.708. The number of hydrogen-bond donors (Lipinski definition) is 2. The summed E-state index contributed by atoms with van der Waals surface area (Å²) in [7, 11) is 3.06. The van der Waals surface area contributed by atoms with E-state index in [1.165, 1.54) is 14.2 Å². The maximum Gasteiger partial charge on any atom is 0.325 e. The summed E-state index contributed by atoms with van der Waals surface area (Å²) in [5, 5.41) is 5.48. The third-order valence-electron chi connectivity index (χ3n) is 4.89. The van der Waals surface area contributed by atoms with Crippen LogP contribution >= 0.6 is 0 Å². The van der Waals surface area contributed by atoms with Crippen LogP contribution in [0.5, 0.6) is 11.5 Å². The number of methoxy groups -OCH3 is 2. The van der Waals surface area contributed by atoms with Crippen molar-refractivity contribution in [2.24, 2.45) is 0 Å². The molecule has 2 aromatic rings. The van der Waals surface area contributed by atoms with Crippen LogP contribution in [0.25, 0.3) is 0 Å². The Bertz CT molecular complexity index is 916. The number of carbonyl (C=O) groups is 3. The second-order valence-electron chi connectivity index (χ2n) is 6.92. The molecule has 0 saturated carbocycles. The fourth-order valence-electron chi connectivity index (χ4n) is 3.24. The van der Waals surface area contributed by atoms with Crippen molar-refractivity contribution in [2.75, 3.05) is 14.2 Å². The lowest BCUT2D eigenvalue weighted by Crippen LogP contribution is -2.32. The molecule has 8 nitrogen and oxygen atoms in total. The van der Waals surface area contributed by atoms with Crippen LogP contribution in [0.4, 0.5) is 4.79 Å². The van der Waals surface area contributed by atoms with Crippen LogP contribution < -0.4 is 20.1 Å². The van der Waals surface area contributed by atoms with Gasteiger partial charge in [0.05, 0.1) is 20.8 Å². The predicted octanol–water partition coefficient (Wildman–Crippen LogP) is 2.22. The Kier molecular flexibility index (Phi) is 6.90. The normalized spacial score (nSPS) is 15.7. The zero-order valence-electron chi connectivity index (χ0n) is 17.0. The van der Waals surface area contributed by atoms with E-state index in [1.54, 1.807) is 18.2 Å². The Morgan fingerprint density at radius 2 is 1.77 bits per heavy atom. The number of nitrogens with one attached hydrogen (secondary N) is 2. The number of ether oxygens (including phenoxy) is 2. The van der Waals surface area contributed by atoms with Gasteiger partial charge in [-0.05, 0) is 29.7 Å². The van der Waals surface area contributed by atoms with E-state index in [-0.39, 0.29) is 31.2 Å². The zero-order chi connectivity index (χ0) is 21.5. The lowest BCUT2D eigenvalue weighted by molar-refractivity contribution is -0.128. The molecule has 1 aliphatic heterocycles. The average molecular weight is 411 g/mol. The molecule has 0 radical (unpaired) electrons. The fraction of sp³-hybridized carbons (Fsp3) is 0.318. The van der Waals surface area contributed by atoms with Crippen LogP contribution in [-0.4, -0.2) is 43.0 Å². The third-order valence-corrected chi connectivity index (χ3v) is 4.89. The Balaban J connectivity index is 1.52. The van der Waals surface area contributed by atoms with Gasteiger partial charge in [0.1, 0.15) is 6.04 Å². The van der Waals surface area contributed by atoms with Crippen LogP contribution in [-0.2, 0) is 22.7 Å². The standard InChI is InChI=1S/C22H25N3O5/c1-29-18-10-8-16(12-19(18)30-2)14-25-21(27)17(24-22(25)28)9-11-20(26)23-13-15-6-4-3-5-7-15/h3-8,10,12,17H,9,11,13-14H2,1-2H3,(H,23,26)(H,24,28). The first-order valence-corrected chi connectivity index (χ1v) is 9.65. The van der Waals surface area contributed by atoms with E-state index in [1.807, 2.05) is 30.3 Å². The van der Waals surface area contributed by atoms with Crippen molar-refractivity contribution >= 4 is 17.8 Å². The van der Waals surface area contributed by atoms with Gasteiger partial charge in [0.2, 0.25) is 5.91 Å². The average Bonchev–Trinajstić information content (AvgIpc) is 3.04. The summed E-state index contributed by atoms with van der Waals surface area (Å²) < 4.78 is 10.5. The highest BCUT2D eigenvalue weighted by molar-refractivity contribution is 6.04. The second-order valence-corrected chi connectivity index (χ2v) is 6.92. The number of nitrogens with zero attached hydrogens (tertiary/aromatic N) is 1. The lowest BCUT2D eigenvalue weighted by Gasteiger charge is -2.15. The van der Waals surface area contributed by atoms with Gasteiger partial charge in [-0.3, -0.25) is 14.5 Å². The third kappa shape index (κ3) is 5.08. The molecule has 0 spiro atoms. The minimum Gasteiger partial charge on any atom is -0.493 e. The van der Waals surface area contributed by atoms with Gasteiger partial charge in [-0.1, -0.05) is 36.4 Å². The number of amides is 4. The molecular weight excluding hydrogens is 386 g/mol. The number of carbonyl (C=O) groups excluding carboxylic acids is 3. The SMILES string of the molecule is COc1ccc(CN2C(=O)NC(CCC(=O)NCc3ccccc3)C2=O)cc1OC. The Morgan fingerprint density at radius 1 is 1.03 bits per heavy atom. The molecule has 158 valence electrons. The largest absolute Gasteiger partial charge is 0.493 e. The van der Waals surface area contributed by atoms with Crippen molar-refractivity contribution in [3.05, 3.63) is 59.7 Å².